The first-order valence-electron chi connectivity index (χ1n) is 6.39. The Bertz CT molecular complexity index is 558. The van der Waals surface area contributed by atoms with Crippen molar-refractivity contribution in [3.8, 4) is 0 Å². The second kappa shape index (κ2) is 7.64. The van der Waals surface area contributed by atoms with Crippen LogP contribution in [-0.2, 0) is 9.59 Å². The van der Waals surface area contributed by atoms with Gasteiger partial charge in [0.05, 0.1) is 10.6 Å². The highest BCUT2D eigenvalue weighted by molar-refractivity contribution is 6.34. The smallest absolute Gasteiger partial charge is 0.322 e. The molecule has 1 rings (SSSR count). The number of amides is 2. The van der Waals surface area contributed by atoms with E-state index in [-0.39, 0.29) is 22.4 Å². The number of hydrogen-bond donors (Lipinski definition) is 3. The lowest BCUT2D eigenvalue weighted by atomic mass is 10.1. The molecule has 0 saturated carbocycles. The number of aliphatic carboxylic acids is 1. The molecule has 0 aliphatic carbocycles. The van der Waals surface area contributed by atoms with Gasteiger partial charge in [0.2, 0.25) is 5.91 Å². The predicted octanol–water partition coefficient (Wildman–Crippen LogP) is 2.14. The minimum absolute atomic E-state index is 0.111. The molecule has 0 atom stereocenters. The lowest BCUT2D eigenvalue weighted by Crippen LogP contribution is -2.29. The molecule has 7 heteroatoms. The maximum atomic E-state index is 11.8. The molecule has 0 heterocycles. The number of nitrogens with one attached hydrogen (secondary N) is 2. The summed E-state index contributed by atoms with van der Waals surface area (Å²) in [5.41, 5.74) is 0.547. The van der Waals surface area contributed by atoms with Crippen LogP contribution in [0.15, 0.2) is 18.2 Å². The second-order valence-corrected chi connectivity index (χ2v) is 5.32. The zero-order valence-electron chi connectivity index (χ0n) is 11.8. The highest BCUT2D eigenvalue weighted by Gasteiger charge is 2.13. The molecule has 0 fully saturated rings. The van der Waals surface area contributed by atoms with E-state index in [1.807, 2.05) is 13.8 Å². The number of hydrogen-bond acceptors (Lipinski definition) is 3. The third-order valence-corrected chi connectivity index (χ3v) is 2.82. The normalized spacial score (nSPS) is 10.3. The monoisotopic (exact) mass is 312 g/mol. The van der Waals surface area contributed by atoms with E-state index in [2.05, 4.69) is 10.6 Å². The Balaban J connectivity index is 2.82. The van der Waals surface area contributed by atoms with Crippen LogP contribution >= 0.6 is 11.6 Å². The molecule has 0 aliphatic rings. The van der Waals surface area contributed by atoms with E-state index in [0.717, 1.165) is 0 Å². The van der Waals surface area contributed by atoms with Crippen LogP contribution in [0.25, 0.3) is 0 Å². The van der Waals surface area contributed by atoms with E-state index in [1.54, 1.807) is 6.07 Å². The van der Waals surface area contributed by atoms with Gasteiger partial charge in [-0.05, 0) is 24.1 Å². The van der Waals surface area contributed by atoms with Gasteiger partial charge in [0, 0.05) is 12.1 Å². The summed E-state index contributed by atoms with van der Waals surface area (Å²) in [6.45, 7) is 3.34. The highest BCUT2D eigenvalue weighted by Crippen LogP contribution is 2.21. The number of carboxylic acid groups (broad SMARTS) is 1. The Labute approximate surface area is 127 Å². The van der Waals surface area contributed by atoms with Crippen LogP contribution in [0.3, 0.4) is 0 Å². The molecule has 0 aromatic heterocycles. The van der Waals surface area contributed by atoms with Crippen molar-refractivity contribution >= 4 is 35.1 Å². The minimum atomic E-state index is -1.15. The Morgan fingerprint density at radius 3 is 2.52 bits per heavy atom. The van der Waals surface area contributed by atoms with Crippen LogP contribution in [-0.4, -0.2) is 29.4 Å². The van der Waals surface area contributed by atoms with Crippen LogP contribution in [0, 0.1) is 5.92 Å². The molecule has 114 valence electrons. The van der Waals surface area contributed by atoms with Crippen molar-refractivity contribution in [2.75, 3.05) is 11.9 Å². The Kier molecular flexibility index (Phi) is 6.17. The molecule has 0 spiro atoms. The average molecular weight is 313 g/mol. The number of carboxylic acids is 1. The second-order valence-electron chi connectivity index (χ2n) is 4.92. The highest BCUT2D eigenvalue weighted by atomic mass is 35.5. The molecule has 3 N–H and O–H groups in total. The summed E-state index contributed by atoms with van der Waals surface area (Å²) < 4.78 is 0. The van der Waals surface area contributed by atoms with Gasteiger partial charge in [0.15, 0.2) is 0 Å². The van der Waals surface area contributed by atoms with Gasteiger partial charge < -0.3 is 15.7 Å². The fraction of sp³-hybridized carbons (Fsp3) is 0.357. The number of rotatable bonds is 6. The molecular formula is C14H17ClN2O4. The maximum Gasteiger partial charge on any atom is 0.322 e. The molecule has 0 saturated heterocycles. The summed E-state index contributed by atoms with van der Waals surface area (Å²) in [6.07, 6.45) is 0.364. The van der Waals surface area contributed by atoms with Gasteiger partial charge in [-0.3, -0.25) is 14.4 Å². The van der Waals surface area contributed by atoms with E-state index in [0.29, 0.717) is 12.1 Å². The zero-order chi connectivity index (χ0) is 16.0. The molecule has 1 aromatic carbocycles. The number of halogens is 1. The molecule has 6 nitrogen and oxygen atoms in total. The van der Waals surface area contributed by atoms with Gasteiger partial charge in [-0.15, -0.1) is 0 Å². The number of anilines is 1. The first kappa shape index (κ1) is 17.0. The number of benzene rings is 1. The molecular weight excluding hydrogens is 296 g/mol. The summed E-state index contributed by atoms with van der Waals surface area (Å²) in [7, 11) is 0. The fourth-order valence-corrected chi connectivity index (χ4v) is 1.81. The van der Waals surface area contributed by atoms with E-state index in [9.17, 15) is 14.4 Å². The zero-order valence-corrected chi connectivity index (χ0v) is 12.5. The van der Waals surface area contributed by atoms with Crippen molar-refractivity contribution in [1.82, 2.24) is 5.32 Å². The van der Waals surface area contributed by atoms with Gasteiger partial charge in [0.1, 0.15) is 6.54 Å². The maximum absolute atomic E-state index is 11.8. The van der Waals surface area contributed by atoms with Gasteiger partial charge in [-0.2, -0.15) is 0 Å². The van der Waals surface area contributed by atoms with Crippen LogP contribution in [0.2, 0.25) is 5.02 Å². The first-order valence-corrected chi connectivity index (χ1v) is 6.76. The molecule has 2 amide bonds. The van der Waals surface area contributed by atoms with Gasteiger partial charge >= 0.3 is 5.97 Å². The van der Waals surface area contributed by atoms with E-state index < -0.39 is 18.4 Å². The summed E-state index contributed by atoms with van der Waals surface area (Å²) in [4.78, 5) is 33.9. The molecule has 21 heavy (non-hydrogen) atoms. The molecule has 0 aliphatic heterocycles. The third kappa shape index (κ3) is 5.83. The molecule has 0 unspecified atom stereocenters. The minimum Gasteiger partial charge on any atom is -0.480 e. The van der Waals surface area contributed by atoms with Crippen molar-refractivity contribution in [2.24, 2.45) is 5.92 Å². The predicted molar refractivity (Wildman–Crippen MR) is 79.5 cm³/mol. The lowest BCUT2D eigenvalue weighted by molar-refractivity contribution is -0.135. The number of carbonyl (C=O) groups is 3. The fourth-order valence-electron chi connectivity index (χ4n) is 1.61. The first-order chi connectivity index (χ1) is 9.79. The van der Waals surface area contributed by atoms with Crippen molar-refractivity contribution in [3.05, 3.63) is 28.8 Å². The quantitative estimate of drug-likeness (QED) is 0.750. The van der Waals surface area contributed by atoms with Crippen molar-refractivity contribution in [1.29, 1.82) is 0 Å². The summed E-state index contributed by atoms with van der Waals surface area (Å²) in [6, 6.07) is 4.47. The Morgan fingerprint density at radius 1 is 1.29 bits per heavy atom. The largest absolute Gasteiger partial charge is 0.480 e. The molecule has 1 aromatic rings. The van der Waals surface area contributed by atoms with Gasteiger partial charge in [-0.1, -0.05) is 25.4 Å². The van der Waals surface area contributed by atoms with Gasteiger partial charge in [0.25, 0.3) is 5.91 Å². The van der Waals surface area contributed by atoms with Crippen molar-refractivity contribution < 1.29 is 19.5 Å². The summed E-state index contributed by atoms with van der Waals surface area (Å²) in [5.74, 6) is -1.71. The lowest BCUT2D eigenvalue weighted by Gasteiger charge is -2.10. The van der Waals surface area contributed by atoms with Crippen LogP contribution in [0.5, 0.6) is 0 Å². The van der Waals surface area contributed by atoms with Crippen molar-refractivity contribution in [3.63, 3.8) is 0 Å². The van der Waals surface area contributed by atoms with E-state index in [4.69, 9.17) is 16.7 Å². The molecule has 0 radical (unpaired) electrons. The standard InChI is InChI=1S/C14H17ClN2O4/c1-8(2)5-12(18)17-9-3-4-11(15)10(6-9)14(21)16-7-13(19)20/h3-4,6,8H,5,7H2,1-2H3,(H,16,21)(H,17,18)(H,19,20). The summed E-state index contributed by atoms with van der Waals surface area (Å²) >= 11 is 5.91. The van der Waals surface area contributed by atoms with Crippen LogP contribution in [0.4, 0.5) is 5.69 Å². The average Bonchev–Trinajstić information content (AvgIpc) is 2.37. The number of carbonyl (C=O) groups excluding carboxylic acids is 2. The van der Waals surface area contributed by atoms with Crippen LogP contribution < -0.4 is 10.6 Å². The third-order valence-electron chi connectivity index (χ3n) is 2.49. The van der Waals surface area contributed by atoms with E-state index >= 15 is 0 Å². The van der Waals surface area contributed by atoms with E-state index in [1.165, 1.54) is 12.1 Å². The summed E-state index contributed by atoms with van der Waals surface area (Å²) in [5, 5.41) is 13.6. The SMILES string of the molecule is CC(C)CC(=O)Nc1ccc(Cl)c(C(=O)NCC(=O)O)c1. The Morgan fingerprint density at radius 2 is 1.95 bits per heavy atom. The van der Waals surface area contributed by atoms with Gasteiger partial charge in [-0.25, -0.2) is 0 Å². The van der Waals surface area contributed by atoms with Crippen molar-refractivity contribution in [2.45, 2.75) is 20.3 Å². The van der Waals surface area contributed by atoms with Crippen LogP contribution in [0.1, 0.15) is 30.6 Å². The Hall–Kier alpha value is -2.08. The molecule has 0 bridgehead atoms. The topological polar surface area (TPSA) is 95.5 Å².